The van der Waals surface area contributed by atoms with Crippen molar-refractivity contribution in [2.24, 2.45) is 0 Å². The third-order valence-electron chi connectivity index (χ3n) is 3.80. The van der Waals surface area contributed by atoms with E-state index >= 15 is 0 Å². The van der Waals surface area contributed by atoms with Crippen LogP contribution in [-0.2, 0) is 16.0 Å². The molecule has 0 bridgehead atoms. The maximum Gasteiger partial charge on any atom is 0.233 e. The van der Waals surface area contributed by atoms with Crippen LogP contribution in [0.1, 0.15) is 30.4 Å². The molecule has 2 amide bonds. The Labute approximate surface area is 143 Å². The smallest absolute Gasteiger partial charge is 0.233 e. The maximum atomic E-state index is 11.9. The molecular formula is C20H24N2O2. The number of anilines is 1. The fourth-order valence-corrected chi connectivity index (χ4v) is 2.44. The van der Waals surface area contributed by atoms with Gasteiger partial charge in [0.2, 0.25) is 11.8 Å². The van der Waals surface area contributed by atoms with Crippen molar-refractivity contribution in [3.05, 3.63) is 65.7 Å². The molecule has 0 aromatic heterocycles. The Kier molecular flexibility index (Phi) is 7.02. The Morgan fingerprint density at radius 3 is 2.33 bits per heavy atom. The van der Waals surface area contributed by atoms with Crippen molar-refractivity contribution in [2.75, 3.05) is 11.9 Å². The normalized spacial score (nSPS) is 10.2. The van der Waals surface area contributed by atoms with Crippen LogP contribution in [0.4, 0.5) is 5.69 Å². The van der Waals surface area contributed by atoms with E-state index in [1.165, 1.54) is 5.56 Å². The Bertz CT molecular complexity index is 668. The molecule has 0 fully saturated rings. The molecule has 4 nitrogen and oxygen atoms in total. The van der Waals surface area contributed by atoms with E-state index in [4.69, 9.17) is 0 Å². The highest BCUT2D eigenvalue weighted by molar-refractivity contribution is 6.03. The summed E-state index contributed by atoms with van der Waals surface area (Å²) >= 11 is 0. The van der Waals surface area contributed by atoms with Gasteiger partial charge in [0, 0.05) is 12.2 Å². The number of para-hydroxylation sites is 1. The topological polar surface area (TPSA) is 58.2 Å². The highest BCUT2D eigenvalue weighted by atomic mass is 16.2. The number of unbranched alkanes of at least 4 members (excludes halogenated alkanes) is 1. The zero-order chi connectivity index (χ0) is 17.2. The van der Waals surface area contributed by atoms with Crippen molar-refractivity contribution in [3.8, 4) is 0 Å². The summed E-state index contributed by atoms with van der Waals surface area (Å²) < 4.78 is 0. The summed E-state index contributed by atoms with van der Waals surface area (Å²) in [7, 11) is 0. The predicted molar refractivity (Wildman–Crippen MR) is 96.8 cm³/mol. The summed E-state index contributed by atoms with van der Waals surface area (Å²) in [4.78, 5) is 23.7. The average molecular weight is 324 g/mol. The Morgan fingerprint density at radius 2 is 1.58 bits per heavy atom. The zero-order valence-electron chi connectivity index (χ0n) is 14.0. The number of nitrogens with one attached hydrogen (secondary N) is 2. The number of rotatable bonds is 8. The fraction of sp³-hybridized carbons (Fsp3) is 0.300. The molecule has 2 N–H and O–H groups in total. The van der Waals surface area contributed by atoms with Gasteiger partial charge in [-0.2, -0.15) is 0 Å². The van der Waals surface area contributed by atoms with Crippen LogP contribution in [0.3, 0.4) is 0 Å². The first-order valence-corrected chi connectivity index (χ1v) is 8.31. The molecule has 0 atom stereocenters. The quantitative estimate of drug-likeness (QED) is 0.577. The van der Waals surface area contributed by atoms with Gasteiger partial charge >= 0.3 is 0 Å². The van der Waals surface area contributed by atoms with Gasteiger partial charge in [-0.3, -0.25) is 9.59 Å². The van der Waals surface area contributed by atoms with E-state index in [9.17, 15) is 9.59 Å². The van der Waals surface area contributed by atoms with Crippen molar-refractivity contribution < 1.29 is 9.59 Å². The molecule has 0 unspecified atom stereocenters. The van der Waals surface area contributed by atoms with E-state index in [0.29, 0.717) is 6.54 Å². The minimum atomic E-state index is -0.286. The highest BCUT2D eigenvalue weighted by Crippen LogP contribution is 2.13. The SMILES string of the molecule is Cc1ccccc1NC(=O)CC(=O)NCCCCc1ccccc1. The summed E-state index contributed by atoms with van der Waals surface area (Å²) in [6.45, 7) is 2.52. The van der Waals surface area contributed by atoms with E-state index < -0.39 is 0 Å². The summed E-state index contributed by atoms with van der Waals surface area (Å²) in [5.41, 5.74) is 3.03. The van der Waals surface area contributed by atoms with Crippen LogP contribution < -0.4 is 10.6 Å². The second kappa shape index (κ2) is 9.50. The molecule has 2 aromatic carbocycles. The molecule has 2 rings (SSSR count). The standard InChI is InChI=1S/C20H24N2O2/c1-16-9-5-6-13-18(16)22-20(24)15-19(23)21-14-8-7-12-17-10-3-2-4-11-17/h2-6,9-11,13H,7-8,12,14-15H2,1H3,(H,21,23)(H,22,24). The second-order valence-electron chi connectivity index (χ2n) is 5.83. The van der Waals surface area contributed by atoms with Crippen LogP contribution in [0, 0.1) is 6.92 Å². The van der Waals surface area contributed by atoms with E-state index in [0.717, 1.165) is 30.5 Å². The Morgan fingerprint density at radius 1 is 0.875 bits per heavy atom. The van der Waals surface area contributed by atoms with Gasteiger partial charge in [-0.05, 0) is 43.4 Å². The van der Waals surface area contributed by atoms with Gasteiger partial charge in [0.1, 0.15) is 6.42 Å². The van der Waals surface area contributed by atoms with Crippen molar-refractivity contribution in [1.82, 2.24) is 5.32 Å². The molecule has 0 aliphatic carbocycles. The van der Waals surface area contributed by atoms with E-state index in [-0.39, 0.29) is 18.2 Å². The molecule has 2 aromatic rings. The molecule has 126 valence electrons. The first kappa shape index (κ1) is 17.7. The fourth-order valence-electron chi connectivity index (χ4n) is 2.44. The molecule has 0 heterocycles. The Hall–Kier alpha value is -2.62. The Balaban J connectivity index is 1.61. The van der Waals surface area contributed by atoms with Crippen molar-refractivity contribution in [3.63, 3.8) is 0 Å². The number of carbonyl (C=O) groups excluding carboxylic acids is 2. The van der Waals surface area contributed by atoms with Crippen molar-refractivity contribution in [1.29, 1.82) is 0 Å². The van der Waals surface area contributed by atoms with Gasteiger partial charge in [-0.25, -0.2) is 0 Å². The van der Waals surface area contributed by atoms with E-state index in [1.807, 2.05) is 49.4 Å². The van der Waals surface area contributed by atoms with Crippen molar-refractivity contribution in [2.45, 2.75) is 32.6 Å². The number of hydrogen-bond donors (Lipinski definition) is 2. The first-order chi connectivity index (χ1) is 11.6. The molecule has 0 saturated carbocycles. The van der Waals surface area contributed by atoms with E-state index in [1.54, 1.807) is 0 Å². The summed E-state index contributed by atoms with van der Waals surface area (Å²) in [6, 6.07) is 17.8. The number of carbonyl (C=O) groups is 2. The molecular weight excluding hydrogens is 300 g/mol. The lowest BCUT2D eigenvalue weighted by molar-refractivity contribution is -0.126. The van der Waals surface area contributed by atoms with Crippen LogP contribution in [-0.4, -0.2) is 18.4 Å². The lowest BCUT2D eigenvalue weighted by Crippen LogP contribution is -2.29. The number of benzene rings is 2. The molecule has 0 radical (unpaired) electrons. The minimum Gasteiger partial charge on any atom is -0.356 e. The van der Waals surface area contributed by atoms with Gasteiger partial charge in [0.15, 0.2) is 0 Å². The third-order valence-corrected chi connectivity index (χ3v) is 3.80. The second-order valence-corrected chi connectivity index (χ2v) is 5.83. The largest absolute Gasteiger partial charge is 0.356 e. The lowest BCUT2D eigenvalue weighted by Gasteiger charge is -2.08. The monoisotopic (exact) mass is 324 g/mol. The van der Waals surface area contributed by atoms with Crippen LogP contribution >= 0.6 is 0 Å². The van der Waals surface area contributed by atoms with Crippen molar-refractivity contribution >= 4 is 17.5 Å². The predicted octanol–water partition coefficient (Wildman–Crippen LogP) is 3.46. The average Bonchev–Trinajstić information content (AvgIpc) is 2.57. The van der Waals surface area contributed by atoms with E-state index in [2.05, 4.69) is 22.8 Å². The van der Waals surface area contributed by atoms with Crippen LogP contribution in [0.25, 0.3) is 0 Å². The summed E-state index contributed by atoms with van der Waals surface area (Å²) in [5.74, 6) is -0.521. The third kappa shape index (κ3) is 6.24. The van der Waals surface area contributed by atoms with Gasteiger partial charge in [0.25, 0.3) is 0 Å². The molecule has 0 aliphatic rings. The van der Waals surface area contributed by atoms with Gasteiger partial charge in [0.05, 0.1) is 0 Å². The highest BCUT2D eigenvalue weighted by Gasteiger charge is 2.10. The van der Waals surface area contributed by atoms with Crippen LogP contribution in [0.5, 0.6) is 0 Å². The zero-order valence-corrected chi connectivity index (χ0v) is 14.0. The molecule has 24 heavy (non-hydrogen) atoms. The van der Waals surface area contributed by atoms with Gasteiger partial charge in [-0.1, -0.05) is 48.5 Å². The lowest BCUT2D eigenvalue weighted by atomic mass is 10.1. The van der Waals surface area contributed by atoms with Gasteiger partial charge in [-0.15, -0.1) is 0 Å². The molecule has 0 aliphatic heterocycles. The van der Waals surface area contributed by atoms with Crippen LogP contribution in [0.15, 0.2) is 54.6 Å². The minimum absolute atomic E-state index is 0.146. The summed E-state index contributed by atoms with van der Waals surface area (Å²) in [5, 5.41) is 5.56. The first-order valence-electron chi connectivity index (χ1n) is 8.31. The summed E-state index contributed by atoms with van der Waals surface area (Å²) in [6.07, 6.45) is 2.78. The molecule has 4 heteroatoms. The van der Waals surface area contributed by atoms with Crippen LogP contribution in [0.2, 0.25) is 0 Å². The molecule has 0 saturated heterocycles. The number of amides is 2. The van der Waals surface area contributed by atoms with Gasteiger partial charge < -0.3 is 10.6 Å². The number of hydrogen-bond acceptors (Lipinski definition) is 2. The number of aryl methyl sites for hydroxylation is 2. The maximum absolute atomic E-state index is 11.9. The molecule has 0 spiro atoms.